The van der Waals surface area contributed by atoms with Gasteiger partial charge in [-0.05, 0) is 12.1 Å². The predicted octanol–water partition coefficient (Wildman–Crippen LogP) is 0.855. The maximum atomic E-state index is 10.4. The molecule has 0 saturated carbocycles. The van der Waals surface area contributed by atoms with Gasteiger partial charge in [0.1, 0.15) is 12.4 Å². The van der Waals surface area contributed by atoms with E-state index in [1.54, 1.807) is 25.3 Å². The summed E-state index contributed by atoms with van der Waals surface area (Å²) in [7, 11) is 1.55. The molecule has 1 aromatic carbocycles. The van der Waals surface area contributed by atoms with Crippen LogP contribution in [0.1, 0.15) is 5.56 Å². The number of hydrogen-bond donors (Lipinski definition) is 2. The van der Waals surface area contributed by atoms with Crippen LogP contribution in [0, 0.1) is 0 Å². The van der Waals surface area contributed by atoms with Gasteiger partial charge in [-0.1, -0.05) is 17.7 Å². The third kappa shape index (κ3) is 3.69. The molecule has 0 aromatic heterocycles. The van der Waals surface area contributed by atoms with E-state index in [4.69, 9.17) is 26.9 Å². The first kappa shape index (κ1) is 12.8. The van der Waals surface area contributed by atoms with Crippen LogP contribution in [0.15, 0.2) is 18.2 Å². The SMILES string of the molecule is COc1cccc(Cl)c1CNOCC(N)=O. The highest BCUT2D eigenvalue weighted by molar-refractivity contribution is 6.31. The van der Waals surface area contributed by atoms with Gasteiger partial charge in [-0.15, -0.1) is 0 Å². The van der Waals surface area contributed by atoms with Crippen LogP contribution in [-0.2, 0) is 16.2 Å². The molecule has 0 atom stereocenters. The number of carbonyl (C=O) groups excluding carboxylic acids is 1. The van der Waals surface area contributed by atoms with E-state index in [2.05, 4.69) is 5.48 Å². The summed E-state index contributed by atoms with van der Waals surface area (Å²) in [5.74, 6) is 0.112. The first-order valence-corrected chi connectivity index (χ1v) is 4.97. The minimum atomic E-state index is -0.543. The monoisotopic (exact) mass is 244 g/mol. The first-order valence-electron chi connectivity index (χ1n) is 4.59. The summed E-state index contributed by atoms with van der Waals surface area (Å²) in [6.45, 7) is 0.142. The summed E-state index contributed by atoms with van der Waals surface area (Å²) >= 11 is 5.98. The second kappa shape index (κ2) is 6.32. The molecule has 0 fully saturated rings. The third-order valence-electron chi connectivity index (χ3n) is 1.86. The van der Waals surface area contributed by atoms with Crippen LogP contribution in [0.5, 0.6) is 5.75 Å². The van der Waals surface area contributed by atoms with Crippen LogP contribution < -0.4 is 16.0 Å². The summed E-state index contributed by atoms with van der Waals surface area (Å²) in [6, 6.07) is 5.32. The molecule has 0 spiro atoms. The van der Waals surface area contributed by atoms with Crippen molar-refractivity contribution < 1.29 is 14.4 Å². The normalized spacial score (nSPS) is 10.1. The molecule has 0 unspecified atom stereocenters. The molecular formula is C10H13ClN2O3. The molecule has 0 saturated heterocycles. The largest absolute Gasteiger partial charge is 0.496 e. The zero-order valence-electron chi connectivity index (χ0n) is 8.83. The van der Waals surface area contributed by atoms with E-state index < -0.39 is 5.91 Å². The molecule has 0 aliphatic heterocycles. The molecule has 3 N–H and O–H groups in total. The Morgan fingerprint density at radius 2 is 2.31 bits per heavy atom. The lowest BCUT2D eigenvalue weighted by molar-refractivity contribution is -0.125. The van der Waals surface area contributed by atoms with Crippen LogP contribution in [0.2, 0.25) is 5.02 Å². The zero-order chi connectivity index (χ0) is 12.0. The zero-order valence-corrected chi connectivity index (χ0v) is 9.58. The molecular weight excluding hydrogens is 232 g/mol. The Balaban J connectivity index is 2.55. The van der Waals surface area contributed by atoms with E-state index in [0.717, 1.165) is 5.56 Å². The molecule has 0 aliphatic rings. The van der Waals surface area contributed by atoms with Crippen molar-refractivity contribution in [3.05, 3.63) is 28.8 Å². The fourth-order valence-electron chi connectivity index (χ4n) is 1.15. The van der Waals surface area contributed by atoms with Crippen LogP contribution in [-0.4, -0.2) is 19.6 Å². The summed E-state index contributed by atoms with van der Waals surface area (Å²) < 4.78 is 5.13. The fraction of sp³-hybridized carbons (Fsp3) is 0.300. The van der Waals surface area contributed by atoms with Crippen LogP contribution in [0.4, 0.5) is 0 Å². The summed E-state index contributed by atoms with van der Waals surface area (Å²) in [4.78, 5) is 15.2. The lowest BCUT2D eigenvalue weighted by atomic mass is 10.2. The molecule has 0 aliphatic carbocycles. The van der Waals surface area contributed by atoms with Gasteiger partial charge in [-0.2, -0.15) is 5.48 Å². The van der Waals surface area contributed by atoms with Gasteiger partial charge in [0.05, 0.1) is 13.7 Å². The average molecular weight is 245 g/mol. The Hall–Kier alpha value is -1.30. The summed E-state index contributed by atoms with van der Waals surface area (Å²) in [5.41, 5.74) is 8.25. The van der Waals surface area contributed by atoms with E-state index in [0.29, 0.717) is 17.3 Å². The second-order valence-corrected chi connectivity index (χ2v) is 3.40. The highest BCUT2D eigenvalue weighted by Crippen LogP contribution is 2.25. The topological polar surface area (TPSA) is 73.6 Å². The highest BCUT2D eigenvalue weighted by atomic mass is 35.5. The number of ether oxygens (including phenoxy) is 1. The maximum absolute atomic E-state index is 10.4. The third-order valence-corrected chi connectivity index (χ3v) is 2.22. The maximum Gasteiger partial charge on any atom is 0.245 e. The van der Waals surface area contributed by atoms with E-state index in [9.17, 15) is 4.79 Å². The van der Waals surface area contributed by atoms with Gasteiger partial charge in [0.15, 0.2) is 0 Å². The quantitative estimate of drug-likeness (QED) is 0.575. The van der Waals surface area contributed by atoms with Crippen molar-refractivity contribution in [1.29, 1.82) is 0 Å². The Morgan fingerprint density at radius 1 is 1.56 bits per heavy atom. The lowest BCUT2D eigenvalue weighted by Crippen LogP contribution is -2.24. The van der Waals surface area contributed by atoms with Gasteiger partial charge >= 0.3 is 0 Å². The molecule has 88 valence electrons. The Labute approximate surface area is 98.4 Å². The number of methoxy groups -OCH3 is 1. The molecule has 0 radical (unpaired) electrons. The van der Waals surface area contributed by atoms with Gasteiger partial charge in [-0.25, -0.2) is 0 Å². The van der Waals surface area contributed by atoms with Crippen molar-refractivity contribution in [1.82, 2.24) is 5.48 Å². The number of hydroxylamine groups is 1. The fourth-order valence-corrected chi connectivity index (χ4v) is 1.38. The van der Waals surface area contributed by atoms with Crippen molar-refractivity contribution >= 4 is 17.5 Å². The number of nitrogens with one attached hydrogen (secondary N) is 1. The van der Waals surface area contributed by atoms with Crippen molar-refractivity contribution in [3.63, 3.8) is 0 Å². The summed E-state index contributed by atoms with van der Waals surface area (Å²) in [5, 5.41) is 0.564. The predicted molar refractivity (Wildman–Crippen MR) is 60.0 cm³/mol. The van der Waals surface area contributed by atoms with E-state index >= 15 is 0 Å². The Bertz CT molecular complexity index is 371. The van der Waals surface area contributed by atoms with Gasteiger partial charge in [-0.3, -0.25) is 9.63 Å². The molecule has 5 nitrogen and oxygen atoms in total. The van der Waals surface area contributed by atoms with Gasteiger partial charge < -0.3 is 10.5 Å². The standard InChI is InChI=1S/C10H13ClN2O3/c1-15-9-4-2-3-8(11)7(9)5-13-16-6-10(12)14/h2-4,13H,5-6H2,1H3,(H2,12,14). The molecule has 6 heteroatoms. The molecule has 1 aromatic rings. The second-order valence-electron chi connectivity index (χ2n) is 3.00. The van der Waals surface area contributed by atoms with Gasteiger partial charge in [0.25, 0.3) is 0 Å². The lowest BCUT2D eigenvalue weighted by Gasteiger charge is -2.10. The van der Waals surface area contributed by atoms with Crippen molar-refractivity contribution in [3.8, 4) is 5.75 Å². The first-order chi connectivity index (χ1) is 7.65. The molecule has 1 amide bonds. The Morgan fingerprint density at radius 3 is 2.94 bits per heavy atom. The molecule has 0 bridgehead atoms. The van der Waals surface area contributed by atoms with E-state index in [1.165, 1.54) is 0 Å². The number of amides is 1. The van der Waals surface area contributed by atoms with Crippen LogP contribution in [0.25, 0.3) is 0 Å². The van der Waals surface area contributed by atoms with E-state index in [1.807, 2.05) is 0 Å². The van der Waals surface area contributed by atoms with Crippen LogP contribution in [0.3, 0.4) is 0 Å². The number of carbonyl (C=O) groups is 1. The number of primary amides is 1. The molecule has 16 heavy (non-hydrogen) atoms. The van der Waals surface area contributed by atoms with Gasteiger partial charge in [0.2, 0.25) is 5.91 Å². The van der Waals surface area contributed by atoms with Crippen LogP contribution >= 0.6 is 11.6 Å². The molecule has 1 rings (SSSR count). The summed E-state index contributed by atoms with van der Waals surface area (Å²) in [6.07, 6.45) is 0. The number of nitrogens with two attached hydrogens (primary N) is 1. The van der Waals surface area contributed by atoms with Crippen molar-refractivity contribution in [2.24, 2.45) is 5.73 Å². The smallest absolute Gasteiger partial charge is 0.245 e. The number of benzene rings is 1. The Kier molecular flexibility index (Phi) is 5.04. The molecule has 0 heterocycles. The minimum absolute atomic E-state index is 0.188. The average Bonchev–Trinajstić information content (AvgIpc) is 2.25. The number of halogens is 1. The number of rotatable bonds is 6. The minimum Gasteiger partial charge on any atom is -0.496 e. The number of hydrogen-bond acceptors (Lipinski definition) is 4. The van der Waals surface area contributed by atoms with E-state index in [-0.39, 0.29) is 6.61 Å². The van der Waals surface area contributed by atoms with Gasteiger partial charge in [0, 0.05) is 10.6 Å². The highest BCUT2D eigenvalue weighted by Gasteiger charge is 2.07. The van der Waals surface area contributed by atoms with Crippen molar-refractivity contribution in [2.75, 3.05) is 13.7 Å². The van der Waals surface area contributed by atoms with Crippen molar-refractivity contribution in [2.45, 2.75) is 6.54 Å².